The molecule has 0 saturated carbocycles. The van der Waals surface area contributed by atoms with E-state index in [0.717, 1.165) is 11.1 Å². The Hall–Kier alpha value is -3.02. The molecule has 1 aromatic carbocycles. The largest absolute Gasteiger partial charge is 0.505 e. The van der Waals surface area contributed by atoms with Crippen LogP contribution in [0.3, 0.4) is 0 Å². The minimum Gasteiger partial charge on any atom is -0.505 e. The van der Waals surface area contributed by atoms with Crippen LogP contribution in [0.5, 0.6) is 5.75 Å². The lowest BCUT2D eigenvalue weighted by Gasteiger charge is -2.04. The Morgan fingerprint density at radius 3 is 2.71 bits per heavy atom. The lowest BCUT2D eigenvalue weighted by molar-refractivity contribution is 0.470. The number of aromatic nitrogens is 4. The third-order valence-electron chi connectivity index (χ3n) is 2.99. The number of H-pyrrole nitrogens is 1. The van der Waals surface area contributed by atoms with Gasteiger partial charge in [0.15, 0.2) is 11.6 Å². The molecule has 0 bridgehead atoms. The fourth-order valence-corrected chi connectivity index (χ4v) is 1.99. The standard InChI is InChI=1S/C15H12N4O2/c20-12-8-16-15(17-9-12)11-3-1-2-10(6-11)7-13-14(21)4-5-18-19-13/h1-6,8-9,20H,7H2,(H,18,21). The van der Waals surface area contributed by atoms with Crippen molar-refractivity contribution in [2.45, 2.75) is 6.42 Å². The molecule has 2 heterocycles. The maximum Gasteiger partial charge on any atom is 0.203 e. The van der Waals surface area contributed by atoms with Gasteiger partial charge in [-0.05, 0) is 11.6 Å². The number of aromatic amines is 1. The molecule has 0 radical (unpaired) electrons. The van der Waals surface area contributed by atoms with Gasteiger partial charge in [-0.25, -0.2) is 9.97 Å². The molecule has 0 saturated heterocycles. The molecule has 21 heavy (non-hydrogen) atoms. The summed E-state index contributed by atoms with van der Waals surface area (Å²) in [7, 11) is 0. The van der Waals surface area contributed by atoms with Crippen LogP contribution in [0.2, 0.25) is 0 Å². The highest BCUT2D eigenvalue weighted by molar-refractivity contribution is 5.56. The van der Waals surface area contributed by atoms with Crippen LogP contribution >= 0.6 is 0 Å². The molecule has 0 spiro atoms. The van der Waals surface area contributed by atoms with Gasteiger partial charge in [0.1, 0.15) is 5.69 Å². The predicted molar refractivity (Wildman–Crippen MR) is 76.8 cm³/mol. The van der Waals surface area contributed by atoms with Crippen LogP contribution < -0.4 is 5.43 Å². The normalized spacial score (nSPS) is 10.5. The number of nitrogens with one attached hydrogen (secondary N) is 1. The van der Waals surface area contributed by atoms with Crippen molar-refractivity contribution in [3.63, 3.8) is 0 Å². The van der Waals surface area contributed by atoms with E-state index in [0.29, 0.717) is 17.9 Å². The molecule has 6 nitrogen and oxygen atoms in total. The average Bonchev–Trinajstić information content (AvgIpc) is 2.51. The Labute approximate surface area is 120 Å². The van der Waals surface area contributed by atoms with Gasteiger partial charge in [0.25, 0.3) is 0 Å². The van der Waals surface area contributed by atoms with Gasteiger partial charge in [-0.1, -0.05) is 18.2 Å². The SMILES string of the molecule is O=c1cc[nH]nc1Cc1cccc(-c2ncc(O)cn2)c1. The summed E-state index contributed by atoms with van der Waals surface area (Å²) in [5.41, 5.74) is 2.12. The lowest BCUT2D eigenvalue weighted by Crippen LogP contribution is -2.11. The smallest absolute Gasteiger partial charge is 0.203 e. The van der Waals surface area contributed by atoms with E-state index in [-0.39, 0.29) is 11.2 Å². The van der Waals surface area contributed by atoms with Gasteiger partial charge < -0.3 is 5.11 Å². The summed E-state index contributed by atoms with van der Waals surface area (Å²) in [6, 6.07) is 9.02. The number of nitrogens with zero attached hydrogens (tertiary/aromatic N) is 3. The van der Waals surface area contributed by atoms with Crippen LogP contribution in [0.1, 0.15) is 11.3 Å². The van der Waals surface area contributed by atoms with Crippen molar-refractivity contribution in [3.8, 4) is 17.1 Å². The van der Waals surface area contributed by atoms with Gasteiger partial charge in [0.2, 0.25) is 5.43 Å². The first kappa shape index (κ1) is 13.0. The highest BCUT2D eigenvalue weighted by Gasteiger charge is 2.06. The molecule has 104 valence electrons. The molecular formula is C15H12N4O2. The van der Waals surface area contributed by atoms with Crippen molar-refractivity contribution < 1.29 is 5.11 Å². The second kappa shape index (κ2) is 5.54. The Morgan fingerprint density at radius 2 is 1.95 bits per heavy atom. The van der Waals surface area contributed by atoms with Crippen molar-refractivity contribution in [3.05, 3.63) is 70.4 Å². The third-order valence-corrected chi connectivity index (χ3v) is 2.99. The number of aromatic hydroxyl groups is 1. The minimum absolute atomic E-state index is 0.0231. The molecule has 2 aromatic heterocycles. The van der Waals surface area contributed by atoms with Crippen molar-refractivity contribution in [2.24, 2.45) is 0 Å². The summed E-state index contributed by atoms with van der Waals surface area (Å²) in [5.74, 6) is 0.541. The first-order valence-corrected chi connectivity index (χ1v) is 6.36. The molecule has 3 aromatic rings. The molecule has 0 atom stereocenters. The second-order valence-corrected chi connectivity index (χ2v) is 4.53. The third kappa shape index (κ3) is 2.94. The Bertz CT molecular complexity index is 812. The van der Waals surface area contributed by atoms with Gasteiger partial charge in [0, 0.05) is 24.2 Å². The predicted octanol–water partition coefficient (Wildman–Crippen LogP) is 1.52. The zero-order valence-electron chi connectivity index (χ0n) is 11.0. The number of hydrogen-bond acceptors (Lipinski definition) is 5. The van der Waals surface area contributed by atoms with E-state index >= 15 is 0 Å². The summed E-state index contributed by atoms with van der Waals surface area (Å²) in [6.07, 6.45) is 4.63. The molecule has 6 heteroatoms. The first-order valence-electron chi connectivity index (χ1n) is 6.36. The van der Waals surface area contributed by atoms with E-state index in [4.69, 9.17) is 0 Å². The Balaban J connectivity index is 1.92. The van der Waals surface area contributed by atoms with Crippen molar-refractivity contribution in [2.75, 3.05) is 0 Å². The van der Waals surface area contributed by atoms with Crippen LogP contribution in [-0.4, -0.2) is 25.3 Å². The van der Waals surface area contributed by atoms with Crippen LogP contribution in [0.15, 0.2) is 53.7 Å². The summed E-state index contributed by atoms with van der Waals surface area (Å²) < 4.78 is 0. The highest BCUT2D eigenvalue weighted by Crippen LogP contribution is 2.18. The average molecular weight is 280 g/mol. The topological polar surface area (TPSA) is 91.8 Å². The highest BCUT2D eigenvalue weighted by atomic mass is 16.3. The number of hydrogen-bond donors (Lipinski definition) is 2. The van der Waals surface area contributed by atoms with Crippen LogP contribution in [0.4, 0.5) is 0 Å². The monoisotopic (exact) mass is 280 g/mol. The zero-order valence-corrected chi connectivity index (χ0v) is 11.0. The van der Waals surface area contributed by atoms with Gasteiger partial charge >= 0.3 is 0 Å². The molecular weight excluding hydrogens is 268 g/mol. The summed E-state index contributed by atoms with van der Waals surface area (Å²) in [6.45, 7) is 0. The molecule has 0 unspecified atom stereocenters. The van der Waals surface area contributed by atoms with E-state index < -0.39 is 0 Å². The molecule has 0 aliphatic heterocycles. The summed E-state index contributed by atoms with van der Waals surface area (Å²) >= 11 is 0. The fraction of sp³-hybridized carbons (Fsp3) is 0.0667. The molecule has 0 aliphatic carbocycles. The van der Waals surface area contributed by atoms with Crippen molar-refractivity contribution >= 4 is 0 Å². The van der Waals surface area contributed by atoms with Crippen LogP contribution in [0.25, 0.3) is 11.4 Å². The Morgan fingerprint density at radius 1 is 1.14 bits per heavy atom. The van der Waals surface area contributed by atoms with Crippen molar-refractivity contribution in [1.29, 1.82) is 0 Å². The molecule has 3 rings (SSSR count). The molecule has 0 aliphatic rings. The summed E-state index contributed by atoms with van der Waals surface area (Å²) in [4.78, 5) is 19.8. The van der Waals surface area contributed by atoms with E-state index in [1.54, 1.807) is 0 Å². The summed E-state index contributed by atoms with van der Waals surface area (Å²) in [5, 5.41) is 15.9. The Kier molecular flexibility index (Phi) is 3.42. The van der Waals surface area contributed by atoms with E-state index in [2.05, 4.69) is 20.2 Å². The second-order valence-electron chi connectivity index (χ2n) is 4.53. The van der Waals surface area contributed by atoms with E-state index in [1.165, 1.54) is 24.7 Å². The first-order chi connectivity index (χ1) is 10.2. The van der Waals surface area contributed by atoms with E-state index in [1.807, 2.05) is 24.3 Å². The zero-order chi connectivity index (χ0) is 14.7. The van der Waals surface area contributed by atoms with Gasteiger partial charge in [-0.15, -0.1) is 0 Å². The van der Waals surface area contributed by atoms with Crippen LogP contribution in [0, 0.1) is 0 Å². The van der Waals surface area contributed by atoms with Gasteiger partial charge in [0.05, 0.1) is 12.4 Å². The molecule has 2 N–H and O–H groups in total. The quantitative estimate of drug-likeness (QED) is 0.759. The van der Waals surface area contributed by atoms with Gasteiger partial charge in [-0.2, -0.15) is 5.10 Å². The molecule has 0 fully saturated rings. The number of benzene rings is 1. The van der Waals surface area contributed by atoms with E-state index in [9.17, 15) is 9.90 Å². The van der Waals surface area contributed by atoms with Gasteiger partial charge in [-0.3, -0.25) is 9.89 Å². The van der Waals surface area contributed by atoms with Crippen LogP contribution in [-0.2, 0) is 6.42 Å². The minimum atomic E-state index is -0.0972. The fourth-order valence-electron chi connectivity index (χ4n) is 1.99. The maximum absolute atomic E-state index is 11.7. The lowest BCUT2D eigenvalue weighted by atomic mass is 10.1. The number of rotatable bonds is 3. The van der Waals surface area contributed by atoms with Crippen molar-refractivity contribution in [1.82, 2.24) is 20.2 Å². The maximum atomic E-state index is 11.7. The molecule has 0 amide bonds.